The summed E-state index contributed by atoms with van der Waals surface area (Å²) in [6, 6.07) is 11.8. The monoisotopic (exact) mass is 400 g/mol. The number of sulfone groups is 1. The van der Waals surface area contributed by atoms with Crippen molar-refractivity contribution < 1.29 is 18.1 Å². The van der Waals surface area contributed by atoms with Crippen LogP contribution < -0.4 is 5.32 Å². The summed E-state index contributed by atoms with van der Waals surface area (Å²) in [7, 11) is -3.41. The van der Waals surface area contributed by atoms with E-state index in [-0.39, 0.29) is 16.3 Å². The molecule has 0 saturated carbocycles. The molecule has 0 unspecified atom stereocenters. The van der Waals surface area contributed by atoms with Crippen molar-refractivity contribution in [1.82, 2.24) is 9.78 Å². The molecule has 0 fully saturated rings. The van der Waals surface area contributed by atoms with E-state index in [1.807, 2.05) is 0 Å². The number of aryl methyl sites for hydroxylation is 1. The third-order valence-corrected chi connectivity index (χ3v) is 5.12. The zero-order valence-electron chi connectivity index (χ0n) is 15.0. The number of carbonyl (C=O) groups excluding carboxylic acids is 1. The minimum Gasteiger partial charge on any atom is -0.320 e. The summed E-state index contributed by atoms with van der Waals surface area (Å²) in [5.74, 6) is -0.530. The average Bonchev–Trinajstić information content (AvgIpc) is 3.13. The summed E-state index contributed by atoms with van der Waals surface area (Å²) in [6.45, 7) is 1.74. The van der Waals surface area contributed by atoms with Crippen LogP contribution in [0.15, 0.2) is 59.6 Å². The minimum absolute atomic E-state index is 0.0793. The number of benzene rings is 2. The van der Waals surface area contributed by atoms with Gasteiger partial charge in [0, 0.05) is 30.3 Å². The van der Waals surface area contributed by atoms with Crippen LogP contribution in [0, 0.1) is 17.0 Å². The van der Waals surface area contributed by atoms with Crippen molar-refractivity contribution in [2.75, 3.05) is 11.6 Å². The largest absolute Gasteiger partial charge is 0.320 e. The van der Waals surface area contributed by atoms with E-state index < -0.39 is 20.7 Å². The summed E-state index contributed by atoms with van der Waals surface area (Å²) in [5, 5.41) is 17.7. The number of rotatable bonds is 5. The number of carbonyl (C=O) groups is 1. The number of aromatic nitrogens is 2. The second-order valence-electron chi connectivity index (χ2n) is 6.13. The molecule has 0 aliphatic rings. The van der Waals surface area contributed by atoms with E-state index in [1.165, 1.54) is 47.3 Å². The number of amides is 1. The third-order valence-electron chi connectivity index (χ3n) is 4.01. The SMILES string of the molecule is Cc1ccc(S(C)(=O)=O)cc1NC(=O)c1ccn(-c2cccc([N+](=O)[O-])c2)n1. The van der Waals surface area contributed by atoms with E-state index in [2.05, 4.69) is 10.4 Å². The van der Waals surface area contributed by atoms with Crippen LogP contribution in [-0.2, 0) is 9.84 Å². The molecule has 9 nitrogen and oxygen atoms in total. The van der Waals surface area contributed by atoms with Gasteiger partial charge in [-0.15, -0.1) is 0 Å². The van der Waals surface area contributed by atoms with Crippen LogP contribution in [0.3, 0.4) is 0 Å². The fraction of sp³-hybridized carbons (Fsp3) is 0.111. The van der Waals surface area contributed by atoms with Gasteiger partial charge in [-0.1, -0.05) is 12.1 Å². The van der Waals surface area contributed by atoms with Gasteiger partial charge >= 0.3 is 0 Å². The molecule has 3 rings (SSSR count). The zero-order chi connectivity index (χ0) is 20.5. The van der Waals surface area contributed by atoms with E-state index >= 15 is 0 Å². The predicted molar refractivity (Wildman–Crippen MR) is 102 cm³/mol. The van der Waals surface area contributed by atoms with Crippen LogP contribution >= 0.6 is 0 Å². The van der Waals surface area contributed by atoms with Crippen LogP contribution in [0.5, 0.6) is 0 Å². The molecule has 0 atom stereocenters. The van der Waals surface area contributed by atoms with E-state index in [9.17, 15) is 23.3 Å². The maximum Gasteiger partial charge on any atom is 0.276 e. The molecule has 1 amide bonds. The van der Waals surface area contributed by atoms with Crippen LogP contribution in [0.4, 0.5) is 11.4 Å². The van der Waals surface area contributed by atoms with Gasteiger partial charge in [-0.2, -0.15) is 5.10 Å². The second kappa shape index (κ2) is 7.24. The highest BCUT2D eigenvalue weighted by atomic mass is 32.2. The number of nitro benzene ring substituents is 1. The number of non-ortho nitro benzene ring substituents is 1. The number of nitro groups is 1. The molecule has 28 heavy (non-hydrogen) atoms. The molecule has 0 bridgehead atoms. The van der Waals surface area contributed by atoms with E-state index in [0.717, 1.165) is 6.26 Å². The predicted octanol–water partition coefficient (Wildman–Crippen LogP) is 2.74. The van der Waals surface area contributed by atoms with Crippen molar-refractivity contribution in [2.24, 2.45) is 0 Å². The van der Waals surface area contributed by atoms with Crippen LogP contribution in [0.25, 0.3) is 5.69 Å². The molecule has 1 aromatic heterocycles. The molecule has 0 aliphatic heterocycles. The van der Waals surface area contributed by atoms with Crippen molar-refractivity contribution >= 4 is 27.1 Å². The lowest BCUT2D eigenvalue weighted by molar-refractivity contribution is -0.384. The van der Waals surface area contributed by atoms with Gasteiger partial charge in [-0.05, 0) is 36.8 Å². The van der Waals surface area contributed by atoms with Crippen LogP contribution in [-0.4, -0.2) is 35.3 Å². The number of nitrogens with zero attached hydrogens (tertiary/aromatic N) is 3. The Morgan fingerprint density at radius 2 is 1.93 bits per heavy atom. The van der Waals surface area contributed by atoms with Gasteiger partial charge in [0.05, 0.1) is 15.5 Å². The summed E-state index contributed by atoms with van der Waals surface area (Å²) in [4.78, 5) is 23.0. The molecule has 10 heteroatoms. The maximum atomic E-state index is 12.5. The lowest BCUT2D eigenvalue weighted by Gasteiger charge is -2.09. The molecule has 144 valence electrons. The highest BCUT2D eigenvalue weighted by molar-refractivity contribution is 7.90. The van der Waals surface area contributed by atoms with Gasteiger partial charge in [0.1, 0.15) is 0 Å². The van der Waals surface area contributed by atoms with Crippen LogP contribution in [0.2, 0.25) is 0 Å². The van der Waals surface area contributed by atoms with E-state index in [4.69, 9.17) is 0 Å². The molecule has 1 N–H and O–H groups in total. The lowest BCUT2D eigenvalue weighted by Crippen LogP contribution is -2.14. The fourth-order valence-electron chi connectivity index (χ4n) is 2.49. The molecular formula is C18H16N4O5S. The Labute approximate surface area is 160 Å². The molecule has 0 spiro atoms. The fourth-order valence-corrected chi connectivity index (χ4v) is 3.14. The Morgan fingerprint density at radius 1 is 1.18 bits per heavy atom. The molecule has 0 saturated heterocycles. The molecule has 0 radical (unpaired) electrons. The Balaban J connectivity index is 1.86. The smallest absolute Gasteiger partial charge is 0.276 e. The number of nitrogens with one attached hydrogen (secondary N) is 1. The molecule has 0 aliphatic carbocycles. The Morgan fingerprint density at radius 3 is 2.61 bits per heavy atom. The Bertz CT molecular complexity index is 1180. The zero-order valence-corrected chi connectivity index (χ0v) is 15.8. The topological polar surface area (TPSA) is 124 Å². The average molecular weight is 400 g/mol. The Hall–Kier alpha value is -3.53. The first-order valence-corrected chi connectivity index (χ1v) is 9.97. The molecule has 2 aromatic carbocycles. The number of anilines is 1. The van der Waals surface area contributed by atoms with Crippen molar-refractivity contribution in [3.05, 3.63) is 76.1 Å². The van der Waals surface area contributed by atoms with E-state index in [0.29, 0.717) is 16.9 Å². The molecular weight excluding hydrogens is 384 g/mol. The molecule has 3 aromatic rings. The summed E-state index contributed by atoms with van der Waals surface area (Å²) in [5.41, 5.74) is 1.48. The quantitative estimate of drug-likeness (QED) is 0.519. The first-order valence-electron chi connectivity index (χ1n) is 8.08. The first-order chi connectivity index (χ1) is 13.1. The summed E-state index contributed by atoms with van der Waals surface area (Å²) >= 11 is 0. The standard InChI is InChI=1S/C18H16N4O5S/c1-12-6-7-15(28(2,26)27)11-17(12)19-18(23)16-8-9-21(20-16)13-4-3-5-14(10-13)22(24)25/h3-11H,1-2H3,(H,19,23). The van der Waals surface area contributed by atoms with Gasteiger partial charge < -0.3 is 5.32 Å². The van der Waals surface area contributed by atoms with Crippen molar-refractivity contribution in [3.63, 3.8) is 0 Å². The summed E-state index contributed by atoms with van der Waals surface area (Å²) < 4.78 is 24.8. The summed E-state index contributed by atoms with van der Waals surface area (Å²) in [6.07, 6.45) is 2.59. The van der Waals surface area contributed by atoms with Gasteiger partial charge in [0.25, 0.3) is 11.6 Å². The number of hydrogen-bond acceptors (Lipinski definition) is 6. The van der Waals surface area contributed by atoms with E-state index in [1.54, 1.807) is 19.1 Å². The van der Waals surface area contributed by atoms with Crippen molar-refractivity contribution in [1.29, 1.82) is 0 Å². The van der Waals surface area contributed by atoms with Crippen LogP contribution in [0.1, 0.15) is 16.1 Å². The van der Waals surface area contributed by atoms with Crippen molar-refractivity contribution in [2.45, 2.75) is 11.8 Å². The van der Waals surface area contributed by atoms with Crippen molar-refractivity contribution in [3.8, 4) is 5.69 Å². The lowest BCUT2D eigenvalue weighted by atomic mass is 10.2. The second-order valence-corrected chi connectivity index (χ2v) is 8.14. The Kier molecular flexibility index (Phi) is 4.97. The third kappa shape index (κ3) is 4.07. The van der Waals surface area contributed by atoms with Gasteiger partial charge in [-0.25, -0.2) is 13.1 Å². The van der Waals surface area contributed by atoms with Gasteiger partial charge in [-0.3, -0.25) is 14.9 Å². The van der Waals surface area contributed by atoms with Gasteiger partial charge in [0.15, 0.2) is 15.5 Å². The highest BCUT2D eigenvalue weighted by Crippen LogP contribution is 2.21. The number of hydrogen-bond donors (Lipinski definition) is 1. The normalized spacial score (nSPS) is 11.2. The first kappa shape index (κ1) is 19.2. The highest BCUT2D eigenvalue weighted by Gasteiger charge is 2.15. The van der Waals surface area contributed by atoms with Gasteiger partial charge in [0.2, 0.25) is 0 Å². The maximum absolute atomic E-state index is 12.5. The minimum atomic E-state index is -3.41. The molecule has 1 heterocycles.